The molecule has 0 saturated heterocycles. The minimum atomic E-state index is -4.31. The summed E-state index contributed by atoms with van der Waals surface area (Å²) in [7, 11) is -4.31. The molecule has 150 valence electrons. The summed E-state index contributed by atoms with van der Waals surface area (Å²) in [5, 5.41) is 19.3. The molecule has 0 aliphatic carbocycles. The first-order chi connectivity index (χ1) is 13.6. The summed E-state index contributed by atoms with van der Waals surface area (Å²) in [5.74, 6) is 0.00939. The first-order valence-corrected chi connectivity index (χ1v) is 11.8. The molecule has 1 heterocycles. The van der Waals surface area contributed by atoms with Gasteiger partial charge in [-0.05, 0) is 67.3 Å². The molecule has 29 heavy (non-hydrogen) atoms. The Balaban J connectivity index is 2.21. The SMILES string of the molecule is O=S1(=O)OC(c2ccc(O)cc2)(c2ccc(O)cc2)c2c(Br)c(Br)c(Cl)c(Cl)c21. The monoisotopic (exact) mass is 578 g/mol. The van der Waals surface area contributed by atoms with Gasteiger partial charge in [0.25, 0.3) is 0 Å². The number of rotatable bonds is 2. The molecule has 1 aliphatic heterocycles. The lowest BCUT2D eigenvalue weighted by Gasteiger charge is -2.30. The first kappa shape index (κ1) is 21.0. The van der Waals surface area contributed by atoms with E-state index in [9.17, 15) is 18.6 Å². The predicted molar refractivity (Wildman–Crippen MR) is 116 cm³/mol. The Morgan fingerprint density at radius 1 is 0.793 bits per heavy atom. The minimum Gasteiger partial charge on any atom is -0.508 e. The van der Waals surface area contributed by atoms with Crippen LogP contribution in [0.15, 0.2) is 62.4 Å². The molecule has 5 nitrogen and oxygen atoms in total. The van der Waals surface area contributed by atoms with Crippen molar-refractivity contribution in [2.75, 3.05) is 0 Å². The molecule has 0 aromatic heterocycles. The Kier molecular flexibility index (Phi) is 5.16. The molecule has 1 aliphatic rings. The summed E-state index contributed by atoms with van der Waals surface area (Å²) in [5.41, 5.74) is -0.552. The van der Waals surface area contributed by atoms with Crippen molar-refractivity contribution < 1.29 is 22.8 Å². The molecule has 0 radical (unpaired) electrons. The van der Waals surface area contributed by atoms with E-state index in [2.05, 4.69) is 31.9 Å². The van der Waals surface area contributed by atoms with E-state index in [4.69, 9.17) is 27.4 Å². The zero-order valence-corrected chi connectivity index (χ0v) is 19.7. The first-order valence-electron chi connectivity index (χ1n) is 8.00. The maximum absolute atomic E-state index is 13.1. The number of fused-ring (bicyclic) bond motifs is 1. The Morgan fingerprint density at radius 3 is 1.69 bits per heavy atom. The molecule has 0 fully saturated rings. The molecular weight excluding hydrogens is 571 g/mol. The van der Waals surface area contributed by atoms with Crippen LogP contribution in [0.4, 0.5) is 0 Å². The maximum atomic E-state index is 13.1. The molecule has 0 amide bonds. The summed E-state index contributed by atoms with van der Waals surface area (Å²) in [6.45, 7) is 0. The smallest absolute Gasteiger partial charge is 0.300 e. The molecule has 4 rings (SSSR count). The number of phenols is 2. The van der Waals surface area contributed by atoms with Gasteiger partial charge in [-0.15, -0.1) is 0 Å². The summed E-state index contributed by atoms with van der Waals surface area (Å²) >= 11 is 19.3. The molecule has 0 atom stereocenters. The third-order valence-corrected chi connectivity index (χ3v) is 9.30. The van der Waals surface area contributed by atoms with Gasteiger partial charge in [0.15, 0.2) is 5.60 Å². The molecule has 0 bridgehead atoms. The number of phenolic OH excluding ortho intramolecular Hbond substituents is 2. The zero-order chi connectivity index (χ0) is 21.1. The Bertz CT molecular complexity index is 1200. The predicted octanol–water partition coefficient (Wildman–Crippen LogP) is 5.94. The van der Waals surface area contributed by atoms with Crippen molar-refractivity contribution in [2.24, 2.45) is 0 Å². The van der Waals surface area contributed by atoms with E-state index in [0.717, 1.165) is 0 Å². The third-order valence-electron chi connectivity index (χ3n) is 4.61. The highest BCUT2D eigenvalue weighted by atomic mass is 79.9. The van der Waals surface area contributed by atoms with Crippen LogP contribution >= 0.6 is 55.1 Å². The number of benzene rings is 3. The second-order valence-electron chi connectivity index (χ2n) is 6.27. The number of aromatic hydroxyl groups is 2. The van der Waals surface area contributed by atoms with E-state index in [1.54, 1.807) is 24.3 Å². The van der Waals surface area contributed by atoms with E-state index < -0.39 is 15.7 Å². The molecule has 2 N–H and O–H groups in total. The standard InChI is InChI=1S/C19H10Br2Cl2O5S/c20-14-13-18(17(23)16(22)15(14)21)29(26,27)28-19(13,9-1-5-11(24)6-2-9)10-3-7-12(25)8-4-10/h1-8,24-25H. The third kappa shape index (κ3) is 3.08. The average molecular weight is 581 g/mol. The largest absolute Gasteiger partial charge is 0.508 e. The van der Waals surface area contributed by atoms with Gasteiger partial charge in [-0.2, -0.15) is 8.42 Å². The van der Waals surface area contributed by atoms with E-state index in [1.807, 2.05) is 0 Å². The molecule has 3 aromatic carbocycles. The number of halogens is 4. The topological polar surface area (TPSA) is 83.8 Å². The molecule has 0 saturated carbocycles. The highest BCUT2D eigenvalue weighted by molar-refractivity contribution is 9.13. The van der Waals surface area contributed by atoms with E-state index in [-0.39, 0.29) is 32.0 Å². The van der Waals surface area contributed by atoms with Crippen molar-refractivity contribution >= 4 is 65.2 Å². The summed E-state index contributed by atoms with van der Waals surface area (Å²) < 4.78 is 32.6. The van der Waals surface area contributed by atoms with Crippen LogP contribution in [-0.4, -0.2) is 18.6 Å². The molecule has 3 aromatic rings. The molecular formula is C19H10Br2Cl2O5S. The van der Waals surface area contributed by atoms with Crippen LogP contribution in [0.25, 0.3) is 0 Å². The number of hydrogen-bond acceptors (Lipinski definition) is 5. The van der Waals surface area contributed by atoms with Crippen LogP contribution in [-0.2, 0) is 19.9 Å². The normalized spacial score (nSPS) is 16.6. The van der Waals surface area contributed by atoms with Crippen LogP contribution < -0.4 is 0 Å². The van der Waals surface area contributed by atoms with Crippen molar-refractivity contribution in [1.82, 2.24) is 0 Å². The van der Waals surface area contributed by atoms with E-state index in [0.29, 0.717) is 20.1 Å². The zero-order valence-electron chi connectivity index (χ0n) is 14.2. The van der Waals surface area contributed by atoms with Crippen molar-refractivity contribution in [3.05, 3.63) is 84.2 Å². The maximum Gasteiger partial charge on any atom is 0.300 e. The van der Waals surface area contributed by atoms with Crippen LogP contribution in [0.3, 0.4) is 0 Å². The lowest BCUT2D eigenvalue weighted by atomic mass is 9.80. The average Bonchev–Trinajstić information content (AvgIpc) is 2.94. The van der Waals surface area contributed by atoms with Gasteiger partial charge in [0, 0.05) is 10.0 Å². The Labute approximate surface area is 193 Å². The van der Waals surface area contributed by atoms with Gasteiger partial charge < -0.3 is 10.2 Å². The lowest BCUT2D eigenvalue weighted by Crippen LogP contribution is -2.30. The molecule has 0 unspecified atom stereocenters. The van der Waals surface area contributed by atoms with Gasteiger partial charge >= 0.3 is 10.1 Å². The van der Waals surface area contributed by atoms with Gasteiger partial charge in [-0.25, -0.2) is 4.18 Å². The van der Waals surface area contributed by atoms with Crippen molar-refractivity contribution in [2.45, 2.75) is 10.5 Å². The van der Waals surface area contributed by atoms with E-state index >= 15 is 0 Å². The summed E-state index contributed by atoms with van der Waals surface area (Å²) in [6.07, 6.45) is 0. The van der Waals surface area contributed by atoms with Crippen LogP contribution in [0.2, 0.25) is 10.0 Å². The van der Waals surface area contributed by atoms with Gasteiger partial charge in [0.2, 0.25) is 0 Å². The van der Waals surface area contributed by atoms with Crippen molar-refractivity contribution in [3.63, 3.8) is 0 Å². The highest BCUT2D eigenvalue weighted by Crippen LogP contribution is 2.58. The van der Waals surface area contributed by atoms with Crippen molar-refractivity contribution in [3.8, 4) is 11.5 Å². The fourth-order valence-corrected chi connectivity index (χ4v) is 7.01. The van der Waals surface area contributed by atoms with E-state index in [1.165, 1.54) is 24.3 Å². The summed E-state index contributed by atoms with van der Waals surface area (Å²) in [6, 6.07) is 11.9. The molecule has 10 heteroatoms. The Hall–Kier alpha value is -1.29. The Morgan fingerprint density at radius 2 is 1.24 bits per heavy atom. The molecule has 0 spiro atoms. The summed E-state index contributed by atoms with van der Waals surface area (Å²) in [4.78, 5) is -0.250. The van der Waals surface area contributed by atoms with Gasteiger partial charge in [-0.3, -0.25) is 0 Å². The van der Waals surface area contributed by atoms with Crippen LogP contribution in [0.1, 0.15) is 16.7 Å². The second kappa shape index (κ2) is 7.14. The highest BCUT2D eigenvalue weighted by Gasteiger charge is 2.54. The van der Waals surface area contributed by atoms with Crippen LogP contribution in [0.5, 0.6) is 11.5 Å². The number of hydrogen-bond donors (Lipinski definition) is 2. The van der Waals surface area contributed by atoms with Crippen molar-refractivity contribution in [1.29, 1.82) is 0 Å². The quantitative estimate of drug-likeness (QED) is 0.223. The fraction of sp³-hybridized carbons (Fsp3) is 0.0526. The second-order valence-corrected chi connectivity index (χ2v) is 10.1. The lowest BCUT2D eigenvalue weighted by molar-refractivity contribution is 0.179. The van der Waals surface area contributed by atoms with Gasteiger partial charge in [0.05, 0.1) is 14.5 Å². The minimum absolute atomic E-state index is 0.00469. The fourth-order valence-electron chi connectivity index (χ4n) is 3.35. The van der Waals surface area contributed by atoms with Crippen LogP contribution in [0, 0.1) is 0 Å². The van der Waals surface area contributed by atoms with Gasteiger partial charge in [0.1, 0.15) is 16.4 Å². The van der Waals surface area contributed by atoms with Gasteiger partial charge in [-0.1, -0.05) is 47.5 Å².